The largest absolute Gasteiger partial charge is 0.465 e. The summed E-state index contributed by atoms with van der Waals surface area (Å²) in [5.41, 5.74) is 0.00524. The van der Waals surface area contributed by atoms with E-state index in [1.165, 1.54) is 11.1 Å². The van der Waals surface area contributed by atoms with Crippen molar-refractivity contribution in [2.45, 2.75) is 11.4 Å². The first-order chi connectivity index (χ1) is 11.5. The second kappa shape index (κ2) is 5.75. The Bertz CT molecular complexity index is 843. The van der Waals surface area contributed by atoms with Crippen LogP contribution in [0.25, 0.3) is 10.9 Å². The summed E-state index contributed by atoms with van der Waals surface area (Å²) in [5.74, 6) is 0.402. The smallest absolute Gasteiger partial charge is 0.408 e. The Kier molecular flexibility index (Phi) is 3.81. The van der Waals surface area contributed by atoms with Crippen molar-refractivity contribution in [3.05, 3.63) is 22.5 Å². The average Bonchev–Trinajstić information content (AvgIpc) is 2.81. The lowest BCUT2D eigenvalue weighted by Gasteiger charge is -2.39. The number of carboxylic acid groups (broad SMARTS) is 1. The van der Waals surface area contributed by atoms with Gasteiger partial charge in [0, 0.05) is 25.0 Å². The second-order valence-electron chi connectivity index (χ2n) is 5.48. The van der Waals surface area contributed by atoms with E-state index in [-0.39, 0.29) is 27.4 Å². The highest BCUT2D eigenvalue weighted by Crippen LogP contribution is 2.37. The van der Waals surface area contributed by atoms with Gasteiger partial charge < -0.3 is 10.0 Å². The van der Waals surface area contributed by atoms with E-state index in [1.807, 2.05) is 4.90 Å². The van der Waals surface area contributed by atoms with Crippen LogP contribution in [0, 0.1) is 5.82 Å². The van der Waals surface area contributed by atoms with Crippen molar-refractivity contribution in [3.8, 4) is 0 Å². The van der Waals surface area contributed by atoms with Gasteiger partial charge in [0.2, 0.25) is 5.28 Å². The normalized spacial score (nSPS) is 23.1. The fourth-order valence-corrected chi connectivity index (χ4v) is 4.82. The molecule has 4 heterocycles. The zero-order valence-electron chi connectivity index (χ0n) is 12.0. The van der Waals surface area contributed by atoms with E-state index in [4.69, 9.17) is 23.2 Å². The fraction of sp³-hybridized carbons (Fsp3) is 0.385. The van der Waals surface area contributed by atoms with E-state index in [0.29, 0.717) is 30.0 Å². The van der Waals surface area contributed by atoms with Crippen LogP contribution in [-0.4, -0.2) is 61.3 Å². The number of nitrogens with zero attached hydrogens (tertiary/aromatic N) is 5. The van der Waals surface area contributed by atoms with Gasteiger partial charge in [0.15, 0.2) is 11.0 Å². The van der Waals surface area contributed by atoms with Crippen molar-refractivity contribution in [3.63, 3.8) is 0 Å². The third kappa shape index (κ3) is 2.42. The molecule has 0 spiro atoms. The van der Waals surface area contributed by atoms with E-state index in [2.05, 4.69) is 15.0 Å². The summed E-state index contributed by atoms with van der Waals surface area (Å²) in [6, 6.07) is -0.153. The molecule has 2 saturated heterocycles. The first-order valence-electron chi connectivity index (χ1n) is 7.00. The number of fused-ring (bicyclic) bond motifs is 3. The number of anilines is 1. The topological polar surface area (TPSA) is 82.5 Å². The molecule has 2 aliphatic heterocycles. The predicted octanol–water partition coefficient (Wildman–Crippen LogP) is 2.71. The van der Waals surface area contributed by atoms with Crippen LogP contribution in [0.5, 0.6) is 0 Å². The molecule has 126 valence electrons. The summed E-state index contributed by atoms with van der Waals surface area (Å²) in [7, 11) is 0. The van der Waals surface area contributed by atoms with Gasteiger partial charge >= 0.3 is 6.09 Å². The maximum absolute atomic E-state index is 14.2. The maximum Gasteiger partial charge on any atom is 0.408 e. The summed E-state index contributed by atoms with van der Waals surface area (Å²) in [6.45, 7) is 0.878. The van der Waals surface area contributed by atoms with Crippen LogP contribution in [0.3, 0.4) is 0 Å². The molecule has 2 aromatic heterocycles. The molecule has 2 atom stereocenters. The quantitative estimate of drug-likeness (QED) is 0.592. The summed E-state index contributed by atoms with van der Waals surface area (Å²) in [6.07, 6.45) is 0.477. The summed E-state index contributed by atoms with van der Waals surface area (Å²) in [4.78, 5) is 26.7. The monoisotopic (exact) mass is 389 g/mol. The standard InChI is InChI=1S/C13H10Cl2FN5O2S/c14-10-8(16)9-6(1-17-10)11(19-12(15)18-9)20-2-5-4-24-7(3-20)21(5)13(22)23/h1,5,7H,2-4H2,(H,22,23). The third-order valence-corrected chi connectivity index (χ3v) is 5.88. The molecule has 0 aromatic carbocycles. The van der Waals surface area contributed by atoms with Gasteiger partial charge in [-0.3, -0.25) is 4.90 Å². The van der Waals surface area contributed by atoms with Gasteiger partial charge in [-0.25, -0.2) is 19.2 Å². The molecule has 24 heavy (non-hydrogen) atoms. The average molecular weight is 390 g/mol. The number of hydrogen-bond acceptors (Lipinski definition) is 6. The van der Waals surface area contributed by atoms with Gasteiger partial charge in [-0.2, -0.15) is 4.98 Å². The molecule has 7 nitrogen and oxygen atoms in total. The number of halogens is 3. The number of rotatable bonds is 1. The summed E-state index contributed by atoms with van der Waals surface area (Å²) in [5, 5.41) is 9.15. The lowest BCUT2D eigenvalue weighted by Crippen LogP contribution is -2.56. The van der Waals surface area contributed by atoms with Gasteiger partial charge in [-0.15, -0.1) is 11.8 Å². The minimum atomic E-state index is -0.931. The summed E-state index contributed by atoms with van der Waals surface area (Å²) < 4.78 is 14.2. The number of piperazine rings is 1. The SMILES string of the molecule is O=C(O)N1C2CSC1CN(c1nc(Cl)nc3c(F)c(Cl)ncc13)C2. The van der Waals surface area contributed by atoms with Crippen LogP contribution in [0.4, 0.5) is 15.0 Å². The van der Waals surface area contributed by atoms with Crippen molar-refractivity contribution in [2.24, 2.45) is 0 Å². The van der Waals surface area contributed by atoms with Crippen molar-refractivity contribution < 1.29 is 14.3 Å². The molecule has 2 unspecified atom stereocenters. The first-order valence-corrected chi connectivity index (χ1v) is 8.81. The highest BCUT2D eigenvalue weighted by Gasteiger charge is 2.44. The Morgan fingerprint density at radius 1 is 1.38 bits per heavy atom. The Morgan fingerprint density at radius 3 is 2.88 bits per heavy atom. The number of amides is 1. The van der Waals surface area contributed by atoms with Crippen molar-refractivity contribution >= 4 is 57.8 Å². The molecule has 0 aliphatic carbocycles. The number of thioether (sulfide) groups is 1. The Balaban J connectivity index is 1.78. The molecule has 2 aromatic rings. The predicted molar refractivity (Wildman–Crippen MR) is 89.4 cm³/mol. The van der Waals surface area contributed by atoms with Crippen LogP contribution < -0.4 is 4.90 Å². The van der Waals surface area contributed by atoms with Gasteiger partial charge in [-0.1, -0.05) is 11.6 Å². The van der Waals surface area contributed by atoms with Crippen molar-refractivity contribution in [2.75, 3.05) is 23.7 Å². The number of pyridine rings is 1. The number of hydrogen-bond donors (Lipinski definition) is 1. The molecule has 2 aliphatic rings. The second-order valence-corrected chi connectivity index (χ2v) is 7.39. The van der Waals surface area contributed by atoms with Crippen LogP contribution in [0.1, 0.15) is 0 Å². The molecule has 4 rings (SSSR count). The minimum absolute atomic E-state index is 0.00524. The molecule has 2 fully saturated rings. The molecular weight excluding hydrogens is 380 g/mol. The van der Waals surface area contributed by atoms with E-state index < -0.39 is 11.9 Å². The molecule has 1 N–H and O–H groups in total. The molecule has 11 heteroatoms. The lowest BCUT2D eigenvalue weighted by molar-refractivity contribution is 0.122. The van der Waals surface area contributed by atoms with E-state index >= 15 is 0 Å². The van der Waals surface area contributed by atoms with Crippen LogP contribution in [0.15, 0.2) is 6.20 Å². The van der Waals surface area contributed by atoms with Crippen molar-refractivity contribution in [1.29, 1.82) is 0 Å². The molecule has 0 saturated carbocycles. The zero-order valence-corrected chi connectivity index (χ0v) is 14.3. The molecule has 0 radical (unpaired) electrons. The Hall–Kier alpha value is -1.58. The van der Waals surface area contributed by atoms with E-state index in [9.17, 15) is 14.3 Å². The third-order valence-electron chi connectivity index (χ3n) is 4.11. The van der Waals surface area contributed by atoms with Gasteiger partial charge in [0.05, 0.1) is 16.8 Å². The molecule has 1 amide bonds. The van der Waals surface area contributed by atoms with E-state index in [1.54, 1.807) is 11.8 Å². The van der Waals surface area contributed by atoms with Crippen LogP contribution >= 0.6 is 35.0 Å². The molecule has 2 bridgehead atoms. The van der Waals surface area contributed by atoms with Gasteiger partial charge in [0.1, 0.15) is 11.3 Å². The van der Waals surface area contributed by atoms with Crippen molar-refractivity contribution in [1.82, 2.24) is 19.9 Å². The molecular formula is C13H10Cl2FN5O2S. The summed E-state index contributed by atoms with van der Waals surface area (Å²) >= 11 is 13.2. The Morgan fingerprint density at radius 2 is 2.17 bits per heavy atom. The zero-order chi connectivity index (χ0) is 17.0. The maximum atomic E-state index is 14.2. The lowest BCUT2D eigenvalue weighted by atomic mass is 10.2. The van der Waals surface area contributed by atoms with Gasteiger partial charge in [-0.05, 0) is 11.6 Å². The van der Waals surface area contributed by atoms with Crippen LogP contribution in [0.2, 0.25) is 10.4 Å². The van der Waals surface area contributed by atoms with Gasteiger partial charge in [0.25, 0.3) is 0 Å². The highest BCUT2D eigenvalue weighted by molar-refractivity contribution is 8.00. The highest BCUT2D eigenvalue weighted by atomic mass is 35.5. The van der Waals surface area contributed by atoms with E-state index in [0.717, 1.165) is 0 Å². The fourth-order valence-electron chi connectivity index (χ4n) is 3.10. The first kappa shape index (κ1) is 15.9. The minimum Gasteiger partial charge on any atom is -0.465 e. The Labute approximate surface area is 149 Å². The van der Waals surface area contributed by atoms with Crippen LogP contribution in [-0.2, 0) is 0 Å². The number of carbonyl (C=O) groups is 1. The number of aromatic nitrogens is 3.